The molecule has 2 aromatic heterocycles. The Balaban J connectivity index is 1.52. The van der Waals surface area contributed by atoms with E-state index in [1.165, 1.54) is 11.3 Å². The molecule has 8 heteroatoms. The fourth-order valence-corrected chi connectivity index (χ4v) is 2.83. The first-order valence-electron chi connectivity index (χ1n) is 7.61. The zero-order chi connectivity index (χ0) is 17.5. The lowest BCUT2D eigenvalue weighted by Crippen LogP contribution is -2.28. The highest BCUT2D eigenvalue weighted by Gasteiger charge is 2.10. The molecule has 0 aliphatic heterocycles. The van der Waals surface area contributed by atoms with E-state index in [4.69, 9.17) is 4.74 Å². The minimum Gasteiger partial charge on any atom is -0.380 e. The van der Waals surface area contributed by atoms with E-state index in [-0.39, 0.29) is 6.03 Å². The van der Waals surface area contributed by atoms with Crippen LogP contribution in [0.25, 0.3) is 10.7 Å². The zero-order valence-corrected chi connectivity index (χ0v) is 14.4. The first-order valence-corrected chi connectivity index (χ1v) is 8.43. The predicted molar refractivity (Wildman–Crippen MR) is 96.2 cm³/mol. The average Bonchev–Trinajstić information content (AvgIpc) is 3.11. The molecule has 2 heterocycles. The van der Waals surface area contributed by atoms with E-state index in [1.54, 1.807) is 13.3 Å². The minimum absolute atomic E-state index is 0.329. The molecule has 0 aliphatic rings. The summed E-state index contributed by atoms with van der Waals surface area (Å²) in [6.07, 6.45) is 1.69. The number of nitrogens with zero attached hydrogens (tertiary/aromatic N) is 3. The molecule has 0 fully saturated rings. The van der Waals surface area contributed by atoms with Crippen molar-refractivity contribution in [1.82, 2.24) is 20.5 Å². The summed E-state index contributed by atoms with van der Waals surface area (Å²) < 4.78 is 5.07. The number of anilines is 1. The lowest BCUT2D eigenvalue weighted by molar-refractivity contribution is 0.185. The molecule has 0 radical (unpaired) electrons. The highest BCUT2D eigenvalue weighted by atomic mass is 32.1. The van der Waals surface area contributed by atoms with Crippen LogP contribution in [0, 0.1) is 0 Å². The van der Waals surface area contributed by atoms with E-state index in [1.807, 2.05) is 42.5 Å². The number of hydrogen-bond acceptors (Lipinski definition) is 6. The van der Waals surface area contributed by atoms with Crippen molar-refractivity contribution in [3.8, 4) is 10.7 Å². The van der Waals surface area contributed by atoms with Crippen LogP contribution in [0.4, 0.5) is 9.93 Å². The third-order valence-electron chi connectivity index (χ3n) is 3.32. The molecular weight excluding hydrogens is 338 g/mol. The van der Waals surface area contributed by atoms with Gasteiger partial charge in [0.25, 0.3) is 0 Å². The average molecular weight is 355 g/mol. The molecule has 2 N–H and O–H groups in total. The van der Waals surface area contributed by atoms with E-state index < -0.39 is 0 Å². The van der Waals surface area contributed by atoms with Gasteiger partial charge >= 0.3 is 6.03 Å². The maximum atomic E-state index is 12.0. The van der Waals surface area contributed by atoms with Crippen molar-refractivity contribution >= 4 is 22.5 Å². The summed E-state index contributed by atoms with van der Waals surface area (Å²) in [5.74, 6) is 0. The highest BCUT2D eigenvalue weighted by Crippen LogP contribution is 2.24. The van der Waals surface area contributed by atoms with Crippen molar-refractivity contribution in [2.24, 2.45) is 0 Å². The quantitative estimate of drug-likeness (QED) is 0.709. The monoisotopic (exact) mass is 355 g/mol. The van der Waals surface area contributed by atoms with Crippen LogP contribution in [-0.4, -0.2) is 28.3 Å². The van der Waals surface area contributed by atoms with Crippen LogP contribution in [0.3, 0.4) is 0 Å². The van der Waals surface area contributed by atoms with Crippen LogP contribution in [0.2, 0.25) is 0 Å². The normalized spacial score (nSPS) is 10.4. The van der Waals surface area contributed by atoms with Crippen molar-refractivity contribution in [3.05, 3.63) is 59.8 Å². The number of carbonyl (C=O) groups is 1. The van der Waals surface area contributed by atoms with E-state index in [0.29, 0.717) is 23.3 Å². The maximum absolute atomic E-state index is 12.0. The predicted octanol–water partition coefficient (Wildman–Crippen LogP) is 3.07. The molecule has 0 saturated carbocycles. The van der Waals surface area contributed by atoms with Gasteiger partial charge in [-0.15, -0.1) is 10.2 Å². The van der Waals surface area contributed by atoms with Gasteiger partial charge in [0.1, 0.15) is 5.69 Å². The summed E-state index contributed by atoms with van der Waals surface area (Å²) in [6.45, 7) is 0.995. The molecule has 2 amide bonds. The number of rotatable bonds is 6. The molecule has 0 atom stereocenters. The highest BCUT2D eigenvalue weighted by molar-refractivity contribution is 7.18. The second kappa shape index (κ2) is 8.32. The second-order valence-electron chi connectivity index (χ2n) is 5.18. The number of pyridine rings is 1. The minimum atomic E-state index is -0.329. The van der Waals surface area contributed by atoms with Gasteiger partial charge < -0.3 is 10.1 Å². The van der Waals surface area contributed by atoms with Gasteiger partial charge in [-0.2, -0.15) is 0 Å². The van der Waals surface area contributed by atoms with Gasteiger partial charge in [-0.1, -0.05) is 41.7 Å². The molecule has 128 valence electrons. The van der Waals surface area contributed by atoms with E-state index in [2.05, 4.69) is 25.8 Å². The van der Waals surface area contributed by atoms with Crippen LogP contribution in [-0.2, 0) is 17.9 Å². The maximum Gasteiger partial charge on any atom is 0.321 e. The molecule has 1 aromatic carbocycles. The van der Waals surface area contributed by atoms with Crippen molar-refractivity contribution in [2.45, 2.75) is 13.2 Å². The largest absolute Gasteiger partial charge is 0.380 e. The summed E-state index contributed by atoms with van der Waals surface area (Å²) >= 11 is 1.27. The number of amides is 2. The third-order valence-corrected chi connectivity index (χ3v) is 4.18. The Kier molecular flexibility index (Phi) is 5.65. The number of urea groups is 1. The Morgan fingerprint density at radius 2 is 1.92 bits per heavy atom. The van der Waals surface area contributed by atoms with E-state index in [0.717, 1.165) is 16.8 Å². The smallest absolute Gasteiger partial charge is 0.321 e. The Morgan fingerprint density at radius 1 is 1.12 bits per heavy atom. The molecule has 0 unspecified atom stereocenters. The lowest BCUT2D eigenvalue weighted by Gasteiger charge is -2.06. The van der Waals surface area contributed by atoms with Crippen molar-refractivity contribution in [2.75, 3.05) is 12.4 Å². The fourth-order valence-electron chi connectivity index (χ4n) is 2.11. The fraction of sp³-hybridized carbons (Fsp3) is 0.176. The van der Waals surface area contributed by atoms with E-state index >= 15 is 0 Å². The van der Waals surface area contributed by atoms with Gasteiger partial charge in [-0.05, 0) is 23.3 Å². The molecule has 0 bridgehead atoms. The summed E-state index contributed by atoms with van der Waals surface area (Å²) in [5.41, 5.74) is 2.82. The molecule has 0 aliphatic carbocycles. The van der Waals surface area contributed by atoms with Gasteiger partial charge in [0, 0.05) is 19.9 Å². The molecule has 3 aromatic rings. The molecule has 0 spiro atoms. The molecular formula is C17H17N5O2S. The summed E-state index contributed by atoms with van der Waals surface area (Å²) in [7, 11) is 1.66. The van der Waals surface area contributed by atoms with Gasteiger partial charge in [0.2, 0.25) is 5.13 Å². The zero-order valence-electron chi connectivity index (χ0n) is 13.6. The van der Waals surface area contributed by atoms with Gasteiger partial charge in [-0.3, -0.25) is 10.3 Å². The Labute approximate surface area is 149 Å². The number of benzene rings is 1. The number of methoxy groups -OCH3 is 1. The van der Waals surface area contributed by atoms with Crippen molar-refractivity contribution < 1.29 is 9.53 Å². The van der Waals surface area contributed by atoms with Gasteiger partial charge in [-0.25, -0.2) is 4.79 Å². The summed E-state index contributed by atoms with van der Waals surface area (Å²) in [4.78, 5) is 16.2. The standard InChI is InChI=1S/C17H17N5O2S/c1-24-11-13-7-5-12(6-8-13)10-19-16(23)20-17-22-21-15(25-17)14-4-2-3-9-18-14/h2-9H,10-11H2,1H3,(H2,19,20,22,23). The van der Waals surface area contributed by atoms with Crippen molar-refractivity contribution in [1.29, 1.82) is 0 Å². The van der Waals surface area contributed by atoms with Crippen molar-refractivity contribution in [3.63, 3.8) is 0 Å². The number of nitrogens with one attached hydrogen (secondary N) is 2. The van der Waals surface area contributed by atoms with Crippen LogP contribution < -0.4 is 10.6 Å². The second-order valence-corrected chi connectivity index (χ2v) is 6.16. The van der Waals surface area contributed by atoms with Crippen LogP contribution in [0.5, 0.6) is 0 Å². The molecule has 3 rings (SSSR count). The number of ether oxygens (including phenoxy) is 1. The first-order chi connectivity index (χ1) is 12.2. The Hall–Kier alpha value is -2.84. The van der Waals surface area contributed by atoms with Gasteiger partial charge in [0.15, 0.2) is 5.01 Å². The topological polar surface area (TPSA) is 89.0 Å². The number of aromatic nitrogens is 3. The Bertz CT molecular complexity index is 821. The number of carbonyl (C=O) groups excluding carboxylic acids is 1. The molecule has 7 nitrogen and oxygen atoms in total. The lowest BCUT2D eigenvalue weighted by atomic mass is 10.1. The summed E-state index contributed by atoms with van der Waals surface area (Å²) in [6, 6.07) is 13.1. The Morgan fingerprint density at radius 3 is 2.64 bits per heavy atom. The first kappa shape index (κ1) is 17.0. The van der Waals surface area contributed by atoms with Crippen LogP contribution >= 0.6 is 11.3 Å². The molecule has 25 heavy (non-hydrogen) atoms. The summed E-state index contributed by atoms with van der Waals surface area (Å²) in [5, 5.41) is 14.6. The molecule has 0 saturated heterocycles. The van der Waals surface area contributed by atoms with Crippen LogP contribution in [0.1, 0.15) is 11.1 Å². The SMILES string of the molecule is COCc1ccc(CNC(=O)Nc2nnc(-c3ccccn3)s2)cc1. The third kappa shape index (κ3) is 4.82. The van der Waals surface area contributed by atoms with E-state index in [9.17, 15) is 4.79 Å². The number of hydrogen-bond donors (Lipinski definition) is 2. The van der Waals surface area contributed by atoms with Crippen LogP contribution in [0.15, 0.2) is 48.7 Å². The van der Waals surface area contributed by atoms with Gasteiger partial charge in [0.05, 0.1) is 6.61 Å².